The number of aryl methyl sites for hydroxylation is 2. The van der Waals surface area contributed by atoms with Gasteiger partial charge in [-0.1, -0.05) is 30.3 Å². The van der Waals surface area contributed by atoms with Crippen LogP contribution in [-0.4, -0.2) is 17.7 Å². The number of ether oxygens (including phenoxy) is 1. The Hall–Kier alpha value is -2.53. The maximum Gasteiger partial charge on any atom is 0.264 e. The lowest BCUT2D eigenvalue weighted by molar-refractivity contribution is -0.115. The van der Waals surface area contributed by atoms with Gasteiger partial charge in [-0.2, -0.15) is 0 Å². The lowest BCUT2D eigenvalue weighted by Gasteiger charge is -2.04. The Labute approximate surface area is 152 Å². The smallest absolute Gasteiger partial charge is 0.264 e. The fourth-order valence-corrected chi connectivity index (χ4v) is 3.37. The second kappa shape index (κ2) is 7.57. The highest BCUT2D eigenvalue weighted by Crippen LogP contribution is 2.30. The van der Waals surface area contributed by atoms with E-state index in [2.05, 4.69) is 10.3 Å². The van der Waals surface area contributed by atoms with Crippen LogP contribution in [0.2, 0.25) is 0 Å². The Morgan fingerprint density at radius 3 is 2.44 bits per heavy atom. The molecule has 2 aromatic rings. The molecule has 0 saturated carbocycles. The third-order valence-electron chi connectivity index (χ3n) is 3.79. The van der Waals surface area contributed by atoms with Crippen molar-refractivity contribution in [2.24, 2.45) is 4.99 Å². The number of thioether (sulfide) groups is 1. The average Bonchev–Trinajstić information content (AvgIpc) is 2.93. The molecule has 1 N–H and O–H groups in total. The Kier molecular flexibility index (Phi) is 5.24. The maximum atomic E-state index is 12.2. The zero-order valence-electron chi connectivity index (χ0n) is 14.5. The fraction of sp³-hybridized carbons (Fsp3) is 0.200. The van der Waals surface area contributed by atoms with Crippen molar-refractivity contribution in [3.05, 3.63) is 64.1 Å². The predicted molar refractivity (Wildman–Crippen MR) is 104 cm³/mol. The monoisotopic (exact) mass is 352 g/mol. The van der Waals surface area contributed by atoms with Crippen molar-refractivity contribution in [2.75, 3.05) is 6.61 Å². The van der Waals surface area contributed by atoms with Crippen molar-refractivity contribution in [2.45, 2.75) is 20.8 Å². The van der Waals surface area contributed by atoms with Crippen LogP contribution in [0.4, 0.5) is 5.69 Å². The van der Waals surface area contributed by atoms with Crippen LogP contribution in [0.25, 0.3) is 6.08 Å². The SMILES string of the molecule is CCOc1ccc(/C=C2\SC(=Nc3c(C)cccc3C)NC2=O)cc1. The number of benzene rings is 2. The Bertz CT molecular complexity index is 834. The highest BCUT2D eigenvalue weighted by Gasteiger charge is 2.24. The van der Waals surface area contributed by atoms with Crippen molar-refractivity contribution in [1.82, 2.24) is 5.32 Å². The predicted octanol–water partition coefficient (Wildman–Crippen LogP) is 4.59. The van der Waals surface area contributed by atoms with Gasteiger partial charge in [-0.3, -0.25) is 4.79 Å². The minimum atomic E-state index is -0.121. The first-order valence-electron chi connectivity index (χ1n) is 8.15. The molecular weight excluding hydrogens is 332 g/mol. The first-order valence-corrected chi connectivity index (χ1v) is 8.97. The van der Waals surface area contributed by atoms with E-state index in [4.69, 9.17) is 4.74 Å². The van der Waals surface area contributed by atoms with E-state index in [1.165, 1.54) is 11.8 Å². The molecular formula is C20H20N2O2S. The first-order chi connectivity index (χ1) is 12.1. The topological polar surface area (TPSA) is 50.7 Å². The summed E-state index contributed by atoms with van der Waals surface area (Å²) in [5, 5.41) is 3.45. The van der Waals surface area contributed by atoms with E-state index >= 15 is 0 Å². The van der Waals surface area contributed by atoms with E-state index in [1.54, 1.807) is 0 Å². The van der Waals surface area contributed by atoms with E-state index < -0.39 is 0 Å². The average molecular weight is 352 g/mol. The third kappa shape index (κ3) is 4.12. The molecule has 0 aliphatic carbocycles. The summed E-state index contributed by atoms with van der Waals surface area (Å²) in [6, 6.07) is 13.7. The molecule has 4 nitrogen and oxygen atoms in total. The molecule has 1 heterocycles. The van der Waals surface area contributed by atoms with Gasteiger partial charge in [0.2, 0.25) is 0 Å². The number of rotatable bonds is 4. The second-order valence-corrected chi connectivity index (χ2v) is 6.75. The zero-order valence-corrected chi connectivity index (χ0v) is 15.3. The van der Waals surface area contributed by atoms with Crippen molar-refractivity contribution < 1.29 is 9.53 Å². The van der Waals surface area contributed by atoms with Gasteiger partial charge in [-0.15, -0.1) is 0 Å². The van der Waals surface area contributed by atoms with Gasteiger partial charge in [0, 0.05) is 0 Å². The fourth-order valence-electron chi connectivity index (χ4n) is 2.54. The number of aliphatic imine (C=N–C) groups is 1. The molecule has 128 valence electrons. The number of para-hydroxylation sites is 1. The number of nitrogens with one attached hydrogen (secondary N) is 1. The Morgan fingerprint density at radius 2 is 1.80 bits per heavy atom. The summed E-state index contributed by atoms with van der Waals surface area (Å²) < 4.78 is 5.43. The lowest BCUT2D eigenvalue weighted by atomic mass is 10.1. The molecule has 25 heavy (non-hydrogen) atoms. The van der Waals surface area contributed by atoms with Gasteiger partial charge < -0.3 is 10.1 Å². The minimum Gasteiger partial charge on any atom is -0.494 e. The number of hydrogen-bond acceptors (Lipinski definition) is 4. The minimum absolute atomic E-state index is 0.121. The molecule has 0 unspecified atom stereocenters. The zero-order chi connectivity index (χ0) is 17.8. The standard InChI is InChI=1S/C20H20N2O2S/c1-4-24-16-10-8-15(9-11-16)12-17-19(23)22-20(25-17)21-18-13(2)6-5-7-14(18)3/h5-12H,4H2,1-3H3,(H,21,22,23)/b17-12-. The van der Waals surface area contributed by atoms with E-state index in [9.17, 15) is 4.79 Å². The van der Waals surface area contributed by atoms with Crippen LogP contribution >= 0.6 is 11.8 Å². The largest absolute Gasteiger partial charge is 0.494 e. The molecule has 2 aromatic carbocycles. The molecule has 0 atom stereocenters. The quantitative estimate of drug-likeness (QED) is 0.819. The molecule has 1 aliphatic heterocycles. The van der Waals surface area contributed by atoms with E-state index in [1.807, 2.05) is 69.3 Å². The Morgan fingerprint density at radius 1 is 1.12 bits per heavy atom. The summed E-state index contributed by atoms with van der Waals surface area (Å²) in [7, 11) is 0. The summed E-state index contributed by atoms with van der Waals surface area (Å²) in [5.74, 6) is 0.703. The van der Waals surface area contributed by atoms with Crippen molar-refractivity contribution in [3.8, 4) is 5.75 Å². The first kappa shape index (κ1) is 17.3. The van der Waals surface area contributed by atoms with E-state index in [0.29, 0.717) is 16.7 Å². The van der Waals surface area contributed by atoms with Crippen molar-refractivity contribution >= 4 is 34.6 Å². The van der Waals surface area contributed by atoms with Gasteiger partial charge in [0.25, 0.3) is 5.91 Å². The summed E-state index contributed by atoms with van der Waals surface area (Å²) in [5.41, 5.74) is 4.04. The number of nitrogens with zero attached hydrogens (tertiary/aromatic N) is 1. The third-order valence-corrected chi connectivity index (χ3v) is 4.70. The molecule has 0 spiro atoms. The van der Waals surface area contributed by atoms with Gasteiger partial charge in [-0.05, 0) is 67.4 Å². The molecule has 0 radical (unpaired) electrons. The number of carbonyl (C=O) groups is 1. The molecule has 1 aliphatic rings. The van der Waals surface area contributed by atoms with Crippen LogP contribution in [0.15, 0.2) is 52.4 Å². The highest BCUT2D eigenvalue weighted by molar-refractivity contribution is 8.18. The molecule has 0 bridgehead atoms. The number of amidine groups is 1. The van der Waals surface area contributed by atoms with Crippen LogP contribution in [0, 0.1) is 13.8 Å². The van der Waals surface area contributed by atoms with Crippen LogP contribution < -0.4 is 10.1 Å². The second-order valence-electron chi connectivity index (χ2n) is 5.72. The van der Waals surface area contributed by atoms with Gasteiger partial charge in [-0.25, -0.2) is 4.99 Å². The summed E-state index contributed by atoms with van der Waals surface area (Å²) >= 11 is 1.36. The number of hydrogen-bond donors (Lipinski definition) is 1. The van der Waals surface area contributed by atoms with Gasteiger partial charge in [0.15, 0.2) is 5.17 Å². The van der Waals surface area contributed by atoms with Crippen LogP contribution in [0.5, 0.6) is 5.75 Å². The summed E-state index contributed by atoms with van der Waals surface area (Å²) in [4.78, 5) is 17.5. The number of amides is 1. The molecule has 3 rings (SSSR count). The molecule has 1 fully saturated rings. The van der Waals surface area contributed by atoms with Gasteiger partial charge >= 0.3 is 0 Å². The van der Waals surface area contributed by atoms with Crippen LogP contribution in [0.3, 0.4) is 0 Å². The highest BCUT2D eigenvalue weighted by atomic mass is 32.2. The van der Waals surface area contributed by atoms with Gasteiger partial charge in [0.05, 0.1) is 17.2 Å². The number of carbonyl (C=O) groups excluding carboxylic acids is 1. The maximum absolute atomic E-state index is 12.2. The van der Waals surface area contributed by atoms with E-state index in [0.717, 1.165) is 28.1 Å². The Balaban J connectivity index is 1.81. The van der Waals surface area contributed by atoms with Crippen molar-refractivity contribution in [1.29, 1.82) is 0 Å². The summed E-state index contributed by atoms with van der Waals surface area (Å²) in [6.07, 6.45) is 1.86. The molecule has 1 amide bonds. The van der Waals surface area contributed by atoms with E-state index in [-0.39, 0.29) is 5.91 Å². The molecule has 0 aromatic heterocycles. The van der Waals surface area contributed by atoms with Crippen LogP contribution in [-0.2, 0) is 4.79 Å². The normalized spacial score (nSPS) is 17.2. The van der Waals surface area contributed by atoms with Crippen LogP contribution in [0.1, 0.15) is 23.6 Å². The van der Waals surface area contributed by atoms with Gasteiger partial charge in [0.1, 0.15) is 5.75 Å². The molecule has 1 saturated heterocycles. The molecule has 5 heteroatoms. The van der Waals surface area contributed by atoms with Crippen molar-refractivity contribution in [3.63, 3.8) is 0 Å². The summed E-state index contributed by atoms with van der Waals surface area (Å²) in [6.45, 7) is 6.62. The lowest BCUT2D eigenvalue weighted by Crippen LogP contribution is -2.19.